The van der Waals surface area contributed by atoms with E-state index in [1.807, 2.05) is 4.68 Å². The zero-order chi connectivity index (χ0) is 11.0. The fourth-order valence-electron chi connectivity index (χ4n) is 2.21. The average Bonchev–Trinajstić information content (AvgIpc) is 2.45. The topological polar surface area (TPSA) is 56.7 Å². The number of hydrogen-bond donors (Lipinski definition) is 1. The van der Waals surface area contributed by atoms with Crippen molar-refractivity contribution in [2.75, 3.05) is 0 Å². The molecule has 0 aromatic carbocycles. The van der Waals surface area contributed by atoms with Crippen molar-refractivity contribution in [1.29, 1.82) is 0 Å². The van der Waals surface area contributed by atoms with E-state index in [1.165, 1.54) is 0 Å². The van der Waals surface area contributed by atoms with Gasteiger partial charge in [0.1, 0.15) is 5.82 Å². The van der Waals surface area contributed by atoms with Crippen molar-refractivity contribution in [1.82, 2.24) is 14.8 Å². The summed E-state index contributed by atoms with van der Waals surface area (Å²) in [6.07, 6.45) is 1.99. The third-order valence-corrected chi connectivity index (χ3v) is 2.84. The quantitative estimate of drug-likeness (QED) is 0.797. The molecular weight excluding hydrogens is 188 g/mol. The van der Waals surface area contributed by atoms with E-state index in [-0.39, 0.29) is 6.04 Å². The largest absolute Gasteiger partial charge is 0.326 e. The zero-order valence-corrected chi connectivity index (χ0v) is 9.77. The van der Waals surface area contributed by atoms with Crippen molar-refractivity contribution in [2.24, 2.45) is 11.7 Å². The smallest absolute Gasteiger partial charge is 0.151 e. The molecule has 0 amide bonds. The van der Waals surface area contributed by atoms with Crippen LogP contribution in [0.5, 0.6) is 0 Å². The van der Waals surface area contributed by atoms with E-state index in [9.17, 15) is 0 Å². The van der Waals surface area contributed by atoms with E-state index in [4.69, 9.17) is 5.73 Å². The highest BCUT2D eigenvalue weighted by Crippen LogP contribution is 2.24. The van der Waals surface area contributed by atoms with Gasteiger partial charge >= 0.3 is 0 Å². The predicted octanol–water partition coefficient (Wildman–Crippen LogP) is 1.31. The molecule has 2 N–H and O–H groups in total. The standard InChI is InChI=1S/C11H20N4/c1-7(2)4-10-13-11-8(3)5-9(12)6-15(11)14-10/h7-9H,4-6,12H2,1-3H3. The minimum Gasteiger partial charge on any atom is -0.326 e. The first-order valence-electron chi connectivity index (χ1n) is 5.75. The number of fused-ring (bicyclic) bond motifs is 1. The number of aromatic nitrogens is 3. The van der Waals surface area contributed by atoms with Gasteiger partial charge in [-0.25, -0.2) is 9.67 Å². The molecule has 0 saturated heterocycles. The Hall–Kier alpha value is -0.900. The second-order valence-electron chi connectivity index (χ2n) is 5.06. The summed E-state index contributed by atoms with van der Waals surface area (Å²) in [6, 6.07) is 0.237. The maximum atomic E-state index is 5.96. The highest BCUT2D eigenvalue weighted by Gasteiger charge is 2.25. The van der Waals surface area contributed by atoms with Crippen LogP contribution in [0.1, 0.15) is 44.8 Å². The SMILES string of the molecule is CC(C)Cc1nc2n(n1)CC(N)CC2C. The van der Waals surface area contributed by atoms with Crippen LogP contribution >= 0.6 is 0 Å². The highest BCUT2D eigenvalue weighted by atomic mass is 15.4. The lowest BCUT2D eigenvalue weighted by Crippen LogP contribution is -2.34. The number of hydrogen-bond acceptors (Lipinski definition) is 3. The van der Waals surface area contributed by atoms with Gasteiger partial charge < -0.3 is 5.73 Å². The molecular formula is C11H20N4. The Morgan fingerprint density at radius 1 is 1.53 bits per heavy atom. The van der Waals surface area contributed by atoms with Gasteiger partial charge in [-0.15, -0.1) is 0 Å². The van der Waals surface area contributed by atoms with Crippen LogP contribution in [0.3, 0.4) is 0 Å². The van der Waals surface area contributed by atoms with E-state index in [2.05, 4.69) is 30.9 Å². The summed E-state index contributed by atoms with van der Waals surface area (Å²) in [4.78, 5) is 4.60. The molecule has 1 aromatic heterocycles. The van der Waals surface area contributed by atoms with E-state index in [1.54, 1.807) is 0 Å². The van der Waals surface area contributed by atoms with Crippen LogP contribution in [0.4, 0.5) is 0 Å². The summed E-state index contributed by atoms with van der Waals surface area (Å²) in [5.74, 6) is 3.15. The molecule has 4 nitrogen and oxygen atoms in total. The Labute approximate surface area is 90.9 Å². The molecule has 15 heavy (non-hydrogen) atoms. The Morgan fingerprint density at radius 3 is 2.93 bits per heavy atom. The predicted molar refractivity (Wildman–Crippen MR) is 59.6 cm³/mol. The molecule has 0 aliphatic carbocycles. The maximum absolute atomic E-state index is 5.96. The minimum atomic E-state index is 0.237. The van der Waals surface area contributed by atoms with Crippen LogP contribution in [0, 0.1) is 5.92 Å². The zero-order valence-electron chi connectivity index (χ0n) is 9.77. The fraction of sp³-hybridized carbons (Fsp3) is 0.818. The summed E-state index contributed by atoms with van der Waals surface area (Å²) in [5.41, 5.74) is 5.96. The molecule has 0 bridgehead atoms. The minimum absolute atomic E-state index is 0.237. The summed E-state index contributed by atoms with van der Waals surface area (Å²) in [5, 5.41) is 4.52. The first kappa shape index (κ1) is 10.6. The second-order valence-corrected chi connectivity index (χ2v) is 5.06. The van der Waals surface area contributed by atoms with Gasteiger partial charge in [-0.3, -0.25) is 0 Å². The van der Waals surface area contributed by atoms with Gasteiger partial charge in [0, 0.05) is 18.4 Å². The van der Waals surface area contributed by atoms with Crippen molar-refractivity contribution < 1.29 is 0 Å². The summed E-state index contributed by atoms with van der Waals surface area (Å²) in [6.45, 7) is 7.38. The normalized spacial score (nSPS) is 25.7. The molecule has 4 heteroatoms. The number of nitrogens with zero attached hydrogens (tertiary/aromatic N) is 3. The van der Waals surface area contributed by atoms with Crippen LogP contribution in [0.2, 0.25) is 0 Å². The molecule has 0 saturated carbocycles. The molecule has 1 aromatic rings. The van der Waals surface area contributed by atoms with Crippen molar-refractivity contribution in [3.8, 4) is 0 Å². The Balaban J connectivity index is 2.23. The molecule has 1 aliphatic heterocycles. The third kappa shape index (κ3) is 2.20. The summed E-state index contributed by atoms with van der Waals surface area (Å²) < 4.78 is 2.00. The molecule has 0 spiro atoms. The Morgan fingerprint density at radius 2 is 2.27 bits per heavy atom. The van der Waals surface area contributed by atoms with Gasteiger partial charge in [0.2, 0.25) is 0 Å². The fourth-order valence-corrected chi connectivity index (χ4v) is 2.21. The monoisotopic (exact) mass is 208 g/mol. The van der Waals surface area contributed by atoms with Crippen molar-refractivity contribution in [2.45, 2.75) is 52.1 Å². The van der Waals surface area contributed by atoms with Gasteiger partial charge in [-0.05, 0) is 12.3 Å². The summed E-state index contributed by atoms with van der Waals surface area (Å²) >= 11 is 0. The van der Waals surface area contributed by atoms with E-state index < -0.39 is 0 Å². The average molecular weight is 208 g/mol. The lowest BCUT2D eigenvalue weighted by atomic mass is 9.98. The van der Waals surface area contributed by atoms with Gasteiger partial charge in [0.15, 0.2) is 5.82 Å². The van der Waals surface area contributed by atoms with Gasteiger partial charge in [0.25, 0.3) is 0 Å². The molecule has 2 rings (SSSR count). The first-order chi connectivity index (χ1) is 7.06. The molecule has 0 fully saturated rings. The van der Waals surface area contributed by atoms with Gasteiger partial charge in [0.05, 0.1) is 6.54 Å². The van der Waals surface area contributed by atoms with Crippen LogP contribution < -0.4 is 5.73 Å². The van der Waals surface area contributed by atoms with Crippen LogP contribution in [-0.4, -0.2) is 20.8 Å². The third-order valence-electron chi connectivity index (χ3n) is 2.84. The lowest BCUT2D eigenvalue weighted by molar-refractivity contribution is 0.381. The van der Waals surface area contributed by atoms with Crippen molar-refractivity contribution in [3.63, 3.8) is 0 Å². The van der Waals surface area contributed by atoms with E-state index >= 15 is 0 Å². The Kier molecular flexibility index (Phi) is 2.78. The molecule has 2 unspecified atom stereocenters. The summed E-state index contributed by atoms with van der Waals surface area (Å²) in [7, 11) is 0. The lowest BCUT2D eigenvalue weighted by Gasteiger charge is -2.23. The van der Waals surface area contributed by atoms with Crippen LogP contribution in [0.15, 0.2) is 0 Å². The maximum Gasteiger partial charge on any atom is 0.151 e. The van der Waals surface area contributed by atoms with E-state index in [0.29, 0.717) is 11.8 Å². The van der Waals surface area contributed by atoms with Gasteiger partial charge in [-0.1, -0.05) is 20.8 Å². The molecule has 1 aliphatic rings. The van der Waals surface area contributed by atoms with Crippen LogP contribution in [0.25, 0.3) is 0 Å². The highest BCUT2D eigenvalue weighted by molar-refractivity contribution is 5.04. The second kappa shape index (κ2) is 3.93. The number of nitrogens with two attached hydrogens (primary N) is 1. The van der Waals surface area contributed by atoms with Crippen molar-refractivity contribution >= 4 is 0 Å². The van der Waals surface area contributed by atoms with Crippen molar-refractivity contribution in [3.05, 3.63) is 11.6 Å². The van der Waals surface area contributed by atoms with E-state index in [0.717, 1.165) is 31.0 Å². The van der Waals surface area contributed by atoms with Crippen LogP contribution in [-0.2, 0) is 13.0 Å². The molecule has 2 heterocycles. The Bertz CT molecular complexity index is 342. The molecule has 2 atom stereocenters. The molecule has 84 valence electrons. The first-order valence-corrected chi connectivity index (χ1v) is 5.75. The van der Waals surface area contributed by atoms with Gasteiger partial charge in [-0.2, -0.15) is 5.10 Å². The number of rotatable bonds is 2. The molecule has 0 radical (unpaired) electrons.